The van der Waals surface area contributed by atoms with Crippen LogP contribution in [-0.2, 0) is 6.42 Å². The average molecular weight is 371 g/mol. The second kappa shape index (κ2) is 9.14. The molecule has 0 saturated heterocycles. The maximum absolute atomic E-state index is 12.5. The number of rotatable bonds is 7. The summed E-state index contributed by atoms with van der Waals surface area (Å²) >= 11 is 0. The van der Waals surface area contributed by atoms with Crippen LogP contribution in [0, 0.1) is 5.92 Å². The largest absolute Gasteiger partial charge is 0.352 e. The van der Waals surface area contributed by atoms with Crippen LogP contribution in [0.4, 0.5) is 0 Å². The molecule has 0 aliphatic rings. The molecule has 0 aliphatic carbocycles. The third kappa shape index (κ3) is 5.17. The van der Waals surface area contributed by atoms with E-state index in [1.807, 2.05) is 78.9 Å². The minimum Gasteiger partial charge on any atom is -0.352 e. The van der Waals surface area contributed by atoms with Gasteiger partial charge in [-0.1, -0.05) is 80.6 Å². The standard InChI is InChI=1S/C25H25NO2/c1-18(2)17-26-25(28)23-14-10-20(11-15-23)16-19-8-12-22(13-9-19)24(27)21-6-4-3-5-7-21/h3-15,18H,16-17H2,1-2H3,(H,26,28). The maximum Gasteiger partial charge on any atom is 0.251 e. The molecule has 0 aromatic heterocycles. The van der Waals surface area contributed by atoms with Gasteiger partial charge in [0.2, 0.25) is 0 Å². The summed E-state index contributed by atoms with van der Waals surface area (Å²) in [5, 5.41) is 2.93. The van der Waals surface area contributed by atoms with E-state index in [1.165, 1.54) is 0 Å². The highest BCUT2D eigenvalue weighted by molar-refractivity contribution is 6.08. The van der Waals surface area contributed by atoms with Crippen molar-refractivity contribution in [3.05, 3.63) is 107 Å². The van der Waals surface area contributed by atoms with Crippen molar-refractivity contribution >= 4 is 11.7 Å². The van der Waals surface area contributed by atoms with Crippen LogP contribution >= 0.6 is 0 Å². The second-order valence-corrected chi connectivity index (χ2v) is 7.37. The summed E-state index contributed by atoms with van der Waals surface area (Å²) in [5.41, 5.74) is 4.31. The minimum atomic E-state index is -0.0379. The SMILES string of the molecule is CC(C)CNC(=O)c1ccc(Cc2ccc(C(=O)c3ccccc3)cc2)cc1. The maximum atomic E-state index is 12.5. The van der Waals surface area contributed by atoms with E-state index < -0.39 is 0 Å². The van der Waals surface area contributed by atoms with Crippen LogP contribution in [0.1, 0.15) is 51.3 Å². The van der Waals surface area contributed by atoms with Crippen LogP contribution in [0.5, 0.6) is 0 Å². The van der Waals surface area contributed by atoms with Crippen molar-refractivity contribution in [3.8, 4) is 0 Å². The van der Waals surface area contributed by atoms with Gasteiger partial charge in [-0.05, 0) is 35.6 Å². The lowest BCUT2D eigenvalue weighted by Crippen LogP contribution is -2.27. The first-order chi connectivity index (χ1) is 13.5. The Bertz CT molecular complexity index is 927. The molecule has 0 heterocycles. The normalized spacial score (nSPS) is 10.7. The fraction of sp³-hybridized carbons (Fsp3) is 0.200. The van der Waals surface area contributed by atoms with E-state index >= 15 is 0 Å². The highest BCUT2D eigenvalue weighted by Gasteiger charge is 2.09. The molecule has 3 nitrogen and oxygen atoms in total. The topological polar surface area (TPSA) is 46.2 Å². The highest BCUT2D eigenvalue weighted by atomic mass is 16.1. The number of benzene rings is 3. The molecule has 0 atom stereocenters. The van der Waals surface area contributed by atoms with Crippen molar-refractivity contribution in [2.24, 2.45) is 5.92 Å². The zero-order valence-corrected chi connectivity index (χ0v) is 16.3. The van der Waals surface area contributed by atoms with Crippen LogP contribution in [-0.4, -0.2) is 18.2 Å². The Kier molecular flexibility index (Phi) is 6.38. The molecule has 28 heavy (non-hydrogen) atoms. The van der Waals surface area contributed by atoms with E-state index in [1.54, 1.807) is 0 Å². The quantitative estimate of drug-likeness (QED) is 0.601. The van der Waals surface area contributed by atoms with Gasteiger partial charge in [-0.25, -0.2) is 0 Å². The molecule has 3 heteroatoms. The molecule has 0 bridgehead atoms. The molecule has 0 unspecified atom stereocenters. The molecule has 142 valence electrons. The van der Waals surface area contributed by atoms with Crippen LogP contribution in [0.2, 0.25) is 0 Å². The lowest BCUT2D eigenvalue weighted by Gasteiger charge is -2.08. The van der Waals surface area contributed by atoms with E-state index in [-0.39, 0.29) is 11.7 Å². The molecule has 3 aromatic carbocycles. The number of hydrogen-bond acceptors (Lipinski definition) is 2. The van der Waals surface area contributed by atoms with Crippen molar-refractivity contribution < 1.29 is 9.59 Å². The first-order valence-corrected chi connectivity index (χ1v) is 9.59. The van der Waals surface area contributed by atoms with Crippen molar-refractivity contribution in [2.45, 2.75) is 20.3 Å². The smallest absolute Gasteiger partial charge is 0.251 e. The molecular formula is C25H25NO2. The summed E-state index contributed by atoms with van der Waals surface area (Å²) in [7, 11) is 0. The summed E-state index contributed by atoms with van der Waals surface area (Å²) in [6, 6.07) is 24.7. The van der Waals surface area contributed by atoms with Crippen molar-refractivity contribution in [1.29, 1.82) is 0 Å². The van der Waals surface area contributed by atoms with Gasteiger partial charge >= 0.3 is 0 Å². The zero-order valence-electron chi connectivity index (χ0n) is 16.3. The predicted octanol–water partition coefficient (Wildman–Crippen LogP) is 4.89. The fourth-order valence-corrected chi connectivity index (χ4v) is 2.94. The molecule has 1 N–H and O–H groups in total. The number of carbonyl (C=O) groups excluding carboxylic acids is 2. The van der Waals surface area contributed by atoms with Crippen LogP contribution in [0.25, 0.3) is 0 Å². The van der Waals surface area contributed by atoms with Gasteiger partial charge in [0.15, 0.2) is 5.78 Å². The zero-order chi connectivity index (χ0) is 19.9. The number of ketones is 1. The molecule has 0 fully saturated rings. The average Bonchev–Trinajstić information content (AvgIpc) is 2.73. The van der Waals surface area contributed by atoms with Crippen LogP contribution < -0.4 is 5.32 Å². The summed E-state index contributed by atoms with van der Waals surface area (Å²) in [6.07, 6.45) is 0.758. The van der Waals surface area contributed by atoms with Gasteiger partial charge < -0.3 is 5.32 Å². The van der Waals surface area contributed by atoms with Gasteiger partial charge in [0.05, 0.1) is 0 Å². The summed E-state index contributed by atoms with van der Waals surface area (Å²) in [4.78, 5) is 24.6. The lowest BCUT2D eigenvalue weighted by molar-refractivity contribution is 0.0948. The van der Waals surface area contributed by atoms with Gasteiger partial charge in [-0.15, -0.1) is 0 Å². The first kappa shape index (κ1) is 19.6. The third-order valence-electron chi connectivity index (χ3n) is 4.55. The van der Waals surface area contributed by atoms with Crippen molar-refractivity contribution in [1.82, 2.24) is 5.32 Å². The molecular weight excluding hydrogens is 346 g/mol. The Morgan fingerprint density at radius 2 is 1.21 bits per heavy atom. The molecule has 1 amide bonds. The molecule has 0 radical (unpaired) electrons. The van der Waals surface area contributed by atoms with Gasteiger partial charge in [0.1, 0.15) is 0 Å². The molecule has 0 aliphatic heterocycles. The predicted molar refractivity (Wildman–Crippen MR) is 113 cm³/mol. The van der Waals surface area contributed by atoms with E-state index in [0.29, 0.717) is 29.2 Å². The molecule has 0 spiro atoms. The van der Waals surface area contributed by atoms with E-state index in [9.17, 15) is 9.59 Å². The van der Waals surface area contributed by atoms with Gasteiger partial charge in [-0.3, -0.25) is 9.59 Å². The van der Waals surface area contributed by atoms with Crippen molar-refractivity contribution in [2.75, 3.05) is 6.54 Å². The minimum absolute atomic E-state index is 0.0314. The number of carbonyl (C=O) groups is 2. The fourth-order valence-electron chi connectivity index (χ4n) is 2.94. The van der Waals surface area contributed by atoms with Gasteiger partial charge in [0.25, 0.3) is 5.91 Å². The van der Waals surface area contributed by atoms with Crippen LogP contribution in [0.3, 0.4) is 0 Å². The Labute approximate surface area is 166 Å². The Morgan fingerprint density at radius 1 is 0.714 bits per heavy atom. The molecule has 3 aromatic rings. The van der Waals surface area contributed by atoms with Gasteiger partial charge in [0, 0.05) is 23.2 Å². The molecule has 3 rings (SSSR count). The van der Waals surface area contributed by atoms with Gasteiger partial charge in [-0.2, -0.15) is 0 Å². The summed E-state index contributed by atoms with van der Waals surface area (Å²) in [6.45, 7) is 4.82. The number of amides is 1. The Hall–Kier alpha value is -3.20. The van der Waals surface area contributed by atoms with E-state index in [2.05, 4.69) is 19.2 Å². The molecule has 0 saturated carbocycles. The summed E-state index contributed by atoms with van der Waals surface area (Å²) in [5.74, 6) is 0.424. The highest BCUT2D eigenvalue weighted by Crippen LogP contribution is 2.15. The lowest BCUT2D eigenvalue weighted by atomic mass is 9.99. The number of nitrogens with one attached hydrogen (secondary N) is 1. The second-order valence-electron chi connectivity index (χ2n) is 7.37. The van der Waals surface area contributed by atoms with Crippen LogP contribution in [0.15, 0.2) is 78.9 Å². The monoisotopic (exact) mass is 371 g/mol. The van der Waals surface area contributed by atoms with E-state index in [0.717, 1.165) is 17.5 Å². The summed E-state index contributed by atoms with van der Waals surface area (Å²) < 4.78 is 0. The Morgan fingerprint density at radius 3 is 1.75 bits per heavy atom. The Balaban J connectivity index is 1.62. The van der Waals surface area contributed by atoms with E-state index in [4.69, 9.17) is 0 Å². The number of hydrogen-bond donors (Lipinski definition) is 1. The first-order valence-electron chi connectivity index (χ1n) is 9.59. The van der Waals surface area contributed by atoms with Crippen molar-refractivity contribution in [3.63, 3.8) is 0 Å². The third-order valence-corrected chi connectivity index (χ3v) is 4.55.